The first kappa shape index (κ1) is 12.4. The SMILES string of the molecule is COc1ccc(C)cc1C1(O)CC2CCC(C1)S2. The van der Waals surface area contributed by atoms with Gasteiger partial charge in [0.05, 0.1) is 12.7 Å². The van der Waals surface area contributed by atoms with E-state index in [1.54, 1.807) is 7.11 Å². The van der Waals surface area contributed by atoms with Gasteiger partial charge >= 0.3 is 0 Å². The minimum absolute atomic E-state index is 0.624. The third-order valence-corrected chi connectivity index (χ3v) is 5.76. The molecule has 2 saturated heterocycles. The highest BCUT2D eigenvalue weighted by molar-refractivity contribution is 8.00. The molecule has 98 valence electrons. The summed E-state index contributed by atoms with van der Waals surface area (Å²) < 4.78 is 5.44. The molecule has 3 heteroatoms. The van der Waals surface area contributed by atoms with Crippen molar-refractivity contribution in [3.05, 3.63) is 29.3 Å². The molecular formula is C15H20O2S. The molecule has 1 N–H and O–H groups in total. The van der Waals surface area contributed by atoms with Gasteiger partial charge in [-0.1, -0.05) is 11.6 Å². The van der Waals surface area contributed by atoms with Crippen LogP contribution in [-0.4, -0.2) is 22.7 Å². The smallest absolute Gasteiger partial charge is 0.124 e. The molecule has 0 saturated carbocycles. The molecule has 2 nitrogen and oxygen atoms in total. The number of hydrogen-bond acceptors (Lipinski definition) is 3. The molecule has 0 radical (unpaired) electrons. The Kier molecular flexibility index (Phi) is 3.07. The van der Waals surface area contributed by atoms with Crippen molar-refractivity contribution in [2.24, 2.45) is 0 Å². The monoisotopic (exact) mass is 264 g/mol. The van der Waals surface area contributed by atoms with E-state index < -0.39 is 5.60 Å². The second kappa shape index (κ2) is 4.46. The predicted octanol–water partition coefficient (Wildman–Crippen LogP) is 3.25. The van der Waals surface area contributed by atoms with E-state index in [-0.39, 0.29) is 0 Å². The van der Waals surface area contributed by atoms with Crippen LogP contribution in [-0.2, 0) is 5.60 Å². The van der Waals surface area contributed by atoms with E-state index in [0.29, 0.717) is 10.5 Å². The van der Waals surface area contributed by atoms with E-state index in [0.717, 1.165) is 24.2 Å². The lowest BCUT2D eigenvalue weighted by atomic mass is 9.84. The molecule has 2 aliphatic rings. The first-order valence-electron chi connectivity index (χ1n) is 6.64. The standard InChI is InChI=1S/C15H20O2S/c1-10-3-6-14(17-2)13(7-10)15(16)8-11-4-5-12(9-15)18-11/h3,6-7,11-12,16H,4-5,8-9H2,1-2H3. The summed E-state index contributed by atoms with van der Waals surface area (Å²) in [5.74, 6) is 0.828. The molecule has 0 aliphatic carbocycles. The van der Waals surface area contributed by atoms with Gasteiger partial charge in [-0.15, -0.1) is 0 Å². The molecule has 0 aromatic heterocycles. The number of methoxy groups -OCH3 is 1. The molecular weight excluding hydrogens is 244 g/mol. The minimum atomic E-state index is -0.686. The summed E-state index contributed by atoms with van der Waals surface area (Å²) in [6.07, 6.45) is 4.25. The van der Waals surface area contributed by atoms with Crippen molar-refractivity contribution in [2.75, 3.05) is 7.11 Å². The Morgan fingerprint density at radius 1 is 1.28 bits per heavy atom. The van der Waals surface area contributed by atoms with Gasteiger partial charge in [-0.3, -0.25) is 0 Å². The normalized spacial score (nSPS) is 34.6. The zero-order valence-corrected chi connectivity index (χ0v) is 11.8. The number of fused-ring (bicyclic) bond motifs is 2. The van der Waals surface area contributed by atoms with Gasteiger partial charge in [0.2, 0.25) is 0 Å². The van der Waals surface area contributed by atoms with Crippen LogP contribution in [0.1, 0.15) is 36.8 Å². The number of hydrogen-bond donors (Lipinski definition) is 1. The Morgan fingerprint density at radius 2 is 1.94 bits per heavy atom. The average Bonchev–Trinajstić information content (AvgIpc) is 2.69. The number of thioether (sulfide) groups is 1. The summed E-state index contributed by atoms with van der Waals surface area (Å²) in [4.78, 5) is 0. The van der Waals surface area contributed by atoms with Crippen LogP contribution in [0.3, 0.4) is 0 Å². The van der Waals surface area contributed by atoms with Gasteiger partial charge in [-0.05, 0) is 44.7 Å². The van der Waals surface area contributed by atoms with Crippen LogP contribution in [0.15, 0.2) is 18.2 Å². The summed E-state index contributed by atoms with van der Waals surface area (Å²) in [5.41, 5.74) is 1.49. The molecule has 1 aromatic carbocycles. The Hall–Kier alpha value is -0.670. The van der Waals surface area contributed by atoms with Crippen molar-refractivity contribution in [3.63, 3.8) is 0 Å². The van der Waals surface area contributed by atoms with Gasteiger partial charge in [0.1, 0.15) is 5.75 Å². The van der Waals surface area contributed by atoms with Crippen molar-refractivity contribution >= 4 is 11.8 Å². The van der Waals surface area contributed by atoms with Crippen molar-refractivity contribution < 1.29 is 9.84 Å². The molecule has 2 unspecified atom stereocenters. The zero-order chi connectivity index (χ0) is 12.8. The maximum absolute atomic E-state index is 11.1. The van der Waals surface area contributed by atoms with Crippen LogP contribution in [0.25, 0.3) is 0 Å². The number of aliphatic hydroxyl groups is 1. The second-order valence-corrected chi connectivity index (χ2v) is 7.21. The molecule has 2 heterocycles. The Labute approximate surface area is 113 Å². The maximum atomic E-state index is 11.1. The molecule has 2 fully saturated rings. The van der Waals surface area contributed by atoms with Crippen molar-refractivity contribution in [3.8, 4) is 5.75 Å². The Morgan fingerprint density at radius 3 is 2.56 bits per heavy atom. The van der Waals surface area contributed by atoms with Gasteiger partial charge < -0.3 is 9.84 Å². The summed E-state index contributed by atoms with van der Waals surface area (Å²) in [7, 11) is 1.68. The van der Waals surface area contributed by atoms with E-state index in [1.165, 1.54) is 18.4 Å². The average molecular weight is 264 g/mol. The van der Waals surface area contributed by atoms with Gasteiger partial charge in [0.25, 0.3) is 0 Å². The largest absolute Gasteiger partial charge is 0.496 e. The lowest BCUT2D eigenvalue weighted by molar-refractivity contribution is 0.0174. The third kappa shape index (κ3) is 2.04. The fraction of sp³-hybridized carbons (Fsp3) is 0.600. The highest BCUT2D eigenvalue weighted by atomic mass is 32.2. The van der Waals surface area contributed by atoms with Gasteiger partial charge in [0.15, 0.2) is 0 Å². The topological polar surface area (TPSA) is 29.5 Å². The molecule has 2 aliphatic heterocycles. The van der Waals surface area contributed by atoms with Crippen LogP contribution in [0, 0.1) is 6.92 Å². The van der Waals surface area contributed by atoms with Crippen LogP contribution in [0.2, 0.25) is 0 Å². The Balaban J connectivity index is 2.00. The maximum Gasteiger partial charge on any atom is 0.124 e. The van der Waals surface area contributed by atoms with E-state index in [9.17, 15) is 5.11 Å². The fourth-order valence-corrected chi connectivity index (χ4v) is 5.15. The molecule has 1 aromatic rings. The highest BCUT2D eigenvalue weighted by Gasteiger charge is 2.45. The Bertz CT molecular complexity index is 446. The molecule has 0 spiro atoms. The first-order valence-corrected chi connectivity index (χ1v) is 7.58. The number of ether oxygens (including phenoxy) is 1. The van der Waals surface area contributed by atoms with Crippen LogP contribution < -0.4 is 4.74 Å². The summed E-state index contributed by atoms with van der Waals surface area (Å²) in [6, 6.07) is 6.11. The molecule has 18 heavy (non-hydrogen) atoms. The highest BCUT2D eigenvalue weighted by Crippen LogP contribution is 2.52. The van der Waals surface area contributed by atoms with E-state index >= 15 is 0 Å². The number of aryl methyl sites for hydroxylation is 1. The fourth-order valence-electron chi connectivity index (χ4n) is 3.32. The van der Waals surface area contributed by atoms with E-state index in [2.05, 4.69) is 24.8 Å². The minimum Gasteiger partial charge on any atom is -0.496 e. The van der Waals surface area contributed by atoms with Crippen molar-refractivity contribution in [1.82, 2.24) is 0 Å². The summed E-state index contributed by atoms with van der Waals surface area (Å²) in [5, 5.41) is 12.3. The molecule has 2 atom stereocenters. The van der Waals surface area contributed by atoms with Crippen LogP contribution >= 0.6 is 11.8 Å². The zero-order valence-electron chi connectivity index (χ0n) is 11.0. The van der Waals surface area contributed by atoms with Gasteiger partial charge in [-0.2, -0.15) is 11.8 Å². The van der Waals surface area contributed by atoms with Crippen LogP contribution in [0.4, 0.5) is 0 Å². The van der Waals surface area contributed by atoms with Gasteiger partial charge in [-0.25, -0.2) is 0 Å². The molecule has 2 bridgehead atoms. The summed E-state index contributed by atoms with van der Waals surface area (Å²) >= 11 is 2.07. The number of benzene rings is 1. The molecule has 0 amide bonds. The van der Waals surface area contributed by atoms with Crippen molar-refractivity contribution in [2.45, 2.75) is 48.7 Å². The predicted molar refractivity (Wildman–Crippen MR) is 75.3 cm³/mol. The lowest BCUT2D eigenvalue weighted by Crippen LogP contribution is -2.35. The van der Waals surface area contributed by atoms with Crippen molar-refractivity contribution in [1.29, 1.82) is 0 Å². The van der Waals surface area contributed by atoms with E-state index in [1.807, 2.05) is 12.1 Å². The number of rotatable bonds is 2. The van der Waals surface area contributed by atoms with Gasteiger partial charge in [0, 0.05) is 16.1 Å². The van der Waals surface area contributed by atoms with E-state index in [4.69, 9.17) is 4.74 Å². The molecule has 3 rings (SSSR count). The lowest BCUT2D eigenvalue weighted by Gasteiger charge is -2.37. The van der Waals surface area contributed by atoms with Crippen LogP contribution in [0.5, 0.6) is 5.75 Å². The summed E-state index contributed by atoms with van der Waals surface area (Å²) in [6.45, 7) is 2.07. The second-order valence-electron chi connectivity index (χ2n) is 5.60. The first-order chi connectivity index (χ1) is 8.60. The third-order valence-electron chi connectivity index (χ3n) is 4.18. The quantitative estimate of drug-likeness (QED) is 0.889.